The lowest BCUT2D eigenvalue weighted by molar-refractivity contribution is 0.0217. The van der Waals surface area contributed by atoms with Crippen LogP contribution in [0.1, 0.15) is 38.8 Å². The van der Waals surface area contributed by atoms with Gasteiger partial charge < -0.3 is 10.5 Å². The highest BCUT2D eigenvalue weighted by Gasteiger charge is 2.33. The second-order valence-corrected chi connectivity index (χ2v) is 4.24. The van der Waals surface area contributed by atoms with Gasteiger partial charge in [-0.2, -0.15) is 0 Å². The number of pyridine rings is 1. The standard InChI is InChI=1S/C12H18N2O2/c1-4-9(10-7-5-6-8-14-10)12(2,3)16-11(13)15/h5-9H,4H2,1-3H3,(H2,13,15). The number of primary amides is 1. The van der Waals surface area contributed by atoms with Gasteiger partial charge in [0.25, 0.3) is 0 Å². The third kappa shape index (κ3) is 2.95. The number of hydrogen-bond donors (Lipinski definition) is 1. The highest BCUT2D eigenvalue weighted by atomic mass is 16.6. The Hall–Kier alpha value is -1.58. The molecule has 2 N–H and O–H groups in total. The Morgan fingerprint density at radius 2 is 2.25 bits per heavy atom. The van der Waals surface area contributed by atoms with E-state index in [1.165, 1.54) is 0 Å². The molecular formula is C12H18N2O2. The Labute approximate surface area is 95.8 Å². The zero-order valence-corrected chi connectivity index (χ0v) is 9.93. The molecule has 0 bridgehead atoms. The summed E-state index contributed by atoms with van der Waals surface area (Å²) in [5.74, 6) is 0.0428. The van der Waals surface area contributed by atoms with Crippen LogP contribution in [0.25, 0.3) is 0 Å². The van der Waals surface area contributed by atoms with Gasteiger partial charge in [-0.05, 0) is 32.4 Å². The first-order chi connectivity index (χ1) is 7.47. The average molecular weight is 222 g/mol. The van der Waals surface area contributed by atoms with E-state index in [2.05, 4.69) is 4.98 Å². The van der Waals surface area contributed by atoms with Gasteiger partial charge in [-0.25, -0.2) is 4.79 Å². The smallest absolute Gasteiger partial charge is 0.405 e. The number of carbonyl (C=O) groups is 1. The topological polar surface area (TPSA) is 65.2 Å². The second-order valence-electron chi connectivity index (χ2n) is 4.24. The lowest BCUT2D eigenvalue weighted by atomic mass is 9.85. The number of aromatic nitrogens is 1. The third-order valence-electron chi connectivity index (χ3n) is 2.66. The average Bonchev–Trinajstić information content (AvgIpc) is 2.17. The summed E-state index contributed by atoms with van der Waals surface area (Å²) in [4.78, 5) is 15.1. The second kappa shape index (κ2) is 4.96. The lowest BCUT2D eigenvalue weighted by Crippen LogP contribution is -2.37. The number of nitrogens with two attached hydrogens (primary N) is 1. The number of ether oxygens (including phenoxy) is 1. The van der Waals surface area contributed by atoms with E-state index >= 15 is 0 Å². The summed E-state index contributed by atoms with van der Waals surface area (Å²) in [5.41, 5.74) is 5.34. The predicted octanol–water partition coefficient (Wildman–Crippen LogP) is 2.45. The van der Waals surface area contributed by atoms with Gasteiger partial charge in [0.1, 0.15) is 5.60 Å². The monoisotopic (exact) mass is 222 g/mol. The summed E-state index contributed by atoms with van der Waals surface area (Å²) in [6.45, 7) is 5.73. The van der Waals surface area contributed by atoms with Crippen LogP contribution in [0.2, 0.25) is 0 Å². The summed E-state index contributed by atoms with van der Waals surface area (Å²) >= 11 is 0. The van der Waals surface area contributed by atoms with Crippen molar-refractivity contribution in [3.05, 3.63) is 30.1 Å². The van der Waals surface area contributed by atoms with Gasteiger partial charge in [0.2, 0.25) is 0 Å². The van der Waals surface area contributed by atoms with Gasteiger partial charge in [-0.15, -0.1) is 0 Å². The Bertz CT molecular complexity index is 349. The molecule has 1 aromatic rings. The van der Waals surface area contributed by atoms with Crippen LogP contribution in [0.4, 0.5) is 4.79 Å². The molecule has 1 aromatic heterocycles. The zero-order valence-electron chi connectivity index (χ0n) is 9.93. The van der Waals surface area contributed by atoms with Gasteiger partial charge in [-0.3, -0.25) is 4.98 Å². The maximum absolute atomic E-state index is 10.8. The molecule has 4 nitrogen and oxygen atoms in total. The molecule has 0 fully saturated rings. The van der Waals surface area contributed by atoms with E-state index in [1.807, 2.05) is 39.0 Å². The minimum Gasteiger partial charge on any atom is -0.443 e. The molecule has 88 valence electrons. The summed E-state index contributed by atoms with van der Waals surface area (Å²) in [6.07, 6.45) is 1.81. The van der Waals surface area contributed by atoms with Crippen molar-refractivity contribution in [1.29, 1.82) is 0 Å². The Kier molecular flexibility index (Phi) is 3.88. The first kappa shape index (κ1) is 12.5. The Morgan fingerprint density at radius 3 is 2.69 bits per heavy atom. The molecule has 0 aliphatic rings. The molecule has 1 rings (SSSR count). The van der Waals surface area contributed by atoms with Crippen LogP contribution in [0.5, 0.6) is 0 Å². The molecular weight excluding hydrogens is 204 g/mol. The van der Waals surface area contributed by atoms with Crippen molar-refractivity contribution in [1.82, 2.24) is 4.98 Å². The quantitative estimate of drug-likeness (QED) is 0.851. The maximum Gasteiger partial charge on any atom is 0.405 e. The van der Waals surface area contributed by atoms with E-state index in [4.69, 9.17) is 10.5 Å². The molecule has 0 aromatic carbocycles. The maximum atomic E-state index is 10.8. The summed E-state index contributed by atoms with van der Waals surface area (Å²) in [7, 11) is 0. The highest BCUT2D eigenvalue weighted by Crippen LogP contribution is 2.32. The first-order valence-corrected chi connectivity index (χ1v) is 5.36. The summed E-state index contributed by atoms with van der Waals surface area (Å²) in [6, 6.07) is 5.71. The molecule has 1 amide bonds. The van der Waals surface area contributed by atoms with Crippen LogP contribution in [0.15, 0.2) is 24.4 Å². The van der Waals surface area contributed by atoms with Crippen molar-refractivity contribution in [3.8, 4) is 0 Å². The molecule has 0 aliphatic heterocycles. The van der Waals surface area contributed by atoms with Crippen LogP contribution in [-0.4, -0.2) is 16.7 Å². The van der Waals surface area contributed by atoms with Gasteiger partial charge in [0, 0.05) is 17.8 Å². The molecule has 0 aliphatic carbocycles. The van der Waals surface area contributed by atoms with E-state index in [0.29, 0.717) is 0 Å². The molecule has 0 saturated heterocycles. The van der Waals surface area contributed by atoms with Crippen LogP contribution in [0, 0.1) is 0 Å². The largest absolute Gasteiger partial charge is 0.443 e. The predicted molar refractivity (Wildman–Crippen MR) is 62.0 cm³/mol. The molecule has 16 heavy (non-hydrogen) atoms. The molecule has 1 atom stereocenters. The summed E-state index contributed by atoms with van der Waals surface area (Å²) < 4.78 is 5.14. The fourth-order valence-electron chi connectivity index (χ4n) is 1.97. The zero-order chi connectivity index (χ0) is 12.2. The normalized spacial score (nSPS) is 13.2. The number of nitrogens with zero attached hydrogens (tertiary/aromatic N) is 1. The van der Waals surface area contributed by atoms with E-state index < -0.39 is 11.7 Å². The van der Waals surface area contributed by atoms with E-state index in [1.54, 1.807) is 6.20 Å². The van der Waals surface area contributed by atoms with Crippen molar-refractivity contribution in [2.24, 2.45) is 5.73 Å². The lowest BCUT2D eigenvalue weighted by Gasteiger charge is -2.32. The highest BCUT2D eigenvalue weighted by molar-refractivity contribution is 5.65. The van der Waals surface area contributed by atoms with E-state index in [9.17, 15) is 4.79 Å². The molecule has 0 spiro atoms. The van der Waals surface area contributed by atoms with Gasteiger partial charge in [0.15, 0.2) is 0 Å². The SMILES string of the molecule is CCC(c1ccccn1)C(C)(C)OC(N)=O. The number of carbonyl (C=O) groups excluding carboxylic acids is 1. The van der Waals surface area contributed by atoms with Crippen LogP contribution in [0.3, 0.4) is 0 Å². The van der Waals surface area contributed by atoms with Crippen molar-refractivity contribution >= 4 is 6.09 Å². The van der Waals surface area contributed by atoms with Crippen molar-refractivity contribution < 1.29 is 9.53 Å². The Morgan fingerprint density at radius 1 is 1.56 bits per heavy atom. The Balaban J connectivity index is 2.94. The van der Waals surface area contributed by atoms with Crippen molar-refractivity contribution in [3.63, 3.8) is 0 Å². The number of amides is 1. The van der Waals surface area contributed by atoms with Crippen LogP contribution >= 0.6 is 0 Å². The van der Waals surface area contributed by atoms with Crippen molar-refractivity contribution in [2.45, 2.75) is 38.7 Å². The fraction of sp³-hybridized carbons (Fsp3) is 0.500. The summed E-state index contributed by atoms with van der Waals surface area (Å²) in [5, 5.41) is 0. The molecule has 0 saturated carbocycles. The van der Waals surface area contributed by atoms with Gasteiger partial charge in [-0.1, -0.05) is 13.0 Å². The minimum atomic E-state index is -0.751. The van der Waals surface area contributed by atoms with Crippen LogP contribution in [-0.2, 0) is 4.74 Å². The molecule has 1 heterocycles. The fourth-order valence-corrected chi connectivity index (χ4v) is 1.97. The number of rotatable bonds is 4. The number of hydrogen-bond acceptors (Lipinski definition) is 3. The van der Waals surface area contributed by atoms with Crippen LogP contribution < -0.4 is 5.73 Å². The van der Waals surface area contributed by atoms with E-state index in [0.717, 1.165) is 12.1 Å². The molecule has 0 radical (unpaired) electrons. The molecule has 1 unspecified atom stereocenters. The minimum absolute atomic E-state index is 0.0428. The van der Waals surface area contributed by atoms with E-state index in [-0.39, 0.29) is 5.92 Å². The van der Waals surface area contributed by atoms with Crippen molar-refractivity contribution in [2.75, 3.05) is 0 Å². The van der Waals surface area contributed by atoms with Gasteiger partial charge >= 0.3 is 6.09 Å². The first-order valence-electron chi connectivity index (χ1n) is 5.36. The molecule has 4 heteroatoms. The van der Waals surface area contributed by atoms with Gasteiger partial charge in [0.05, 0.1) is 0 Å². The third-order valence-corrected chi connectivity index (χ3v) is 2.66.